The Morgan fingerprint density at radius 3 is 2.96 bits per heavy atom. The number of benzene rings is 2. The maximum Gasteiger partial charge on any atom is 0.255 e. The van der Waals surface area contributed by atoms with Crippen molar-refractivity contribution in [2.45, 2.75) is 6.61 Å². The van der Waals surface area contributed by atoms with Crippen LogP contribution in [0.3, 0.4) is 0 Å². The van der Waals surface area contributed by atoms with Gasteiger partial charge in [0.2, 0.25) is 0 Å². The third kappa shape index (κ3) is 4.26. The summed E-state index contributed by atoms with van der Waals surface area (Å²) >= 11 is 4.95. The lowest BCUT2D eigenvalue weighted by Gasteiger charge is -2.12. The minimum atomic E-state index is -0.251. The first-order valence-corrected chi connectivity index (χ1v) is 9.98. The topological polar surface area (TPSA) is 81.9 Å². The first-order valence-electron chi connectivity index (χ1n) is 8.25. The molecule has 0 spiro atoms. The summed E-state index contributed by atoms with van der Waals surface area (Å²) in [5.41, 5.74) is 4.42. The van der Waals surface area contributed by atoms with Gasteiger partial charge in [-0.05, 0) is 36.4 Å². The molecule has 7 nitrogen and oxygen atoms in total. The molecule has 0 bridgehead atoms. The number of nitrogens with one attached hydrogen (secondary N) is 1. The number of halogens is 1. The van der Waals surface area contributed by atoms with Crippen molar-refractivity contribution in [2.75, 3.05) is 5.32 Å². The number of rotatable bonds is 6. The van der Waals surface area contributed by atoms with E-state index in [2.05, 4.69) is 36.3 Å². The second-order valence-electron chi connectivity index (χ2n) is 5.75. The highest BCUT2D eigenvalue weighted by molar-refractivity contribution is 9.10. The summed E-state index contributed by atoms with van der Waals surface area (Å²) in [4.78, 5) is 20.9. The second kappa shape index (κ2) is 8.32. The number of nitrogens with zero attached hydrogens (tertiary/aromatic N) is 4. The van der Waals surface area contributed by atoms with E-state index in [0.29, 0.717) is 29.3 Å². The van der Waals surface area contributed by atoms with Crippen molar-refractivity contribution in [2.24, 2.45) is 0 Å². The molecule has 0 aliphatic heterocycles. The maximum atomic E-state index is 12.8. The van der Waals surface area contributed by atoms with E-state index in [0.717, 1.165) is 10.2 Å². The molecule has 4 aromatic rings. The summed E-state index contributed by atoms with van der Waals surface area (Å²) in [7, 11) is 0. The summed E-state index contributed by atoms with van der Waals surface area (Å²) < 4.78 is 8.16. The fourth-order valence-electron chi connectivity index (χ4n) is 2.53. The molecule has 0 saturated heterocycles. The molecular weight excluding hydrogens is 442 g/mol. The maximum absolute atomic E-state index is 12.8. The SMILES string of the molecule is O=C(Nc1cc(Br)ccc1-n1cncn1)c1cccc(OCc2cscn2)c1. The van der Waals surface area contributed by atoms with Crippen molar-refractivity contribution in [1.29, 1.82) is 0 Å². The lowest BCUT2D eigenvalue weighted by molar-refractivity contribution is 0.102. The summed E-state index contributed by atoms with van der Waals surface area (Å²) in [5, 5.41) is 8.99. The Morgan fingerprint density at radius 1 is 1.25 bits per heavy atom. The number of amides is 1. The number of hydrogen-bond donors (Lipinski definition) is 1. The van der Waals surface area contributed by atoms with Crippen LogP contribution in [0.25, 0.3) is 5.69 Å². The number of carbonyl (C=O) groups excluding carboxylic acids is 1. The van der Waals surface area contributed by atoms with Gasteiger partial charge in [0.05, 0.1) is 22.6 Å². The molecule has 0 unspecified atom stereocenters. The summed E-state index contributed by atoms with van der Waals surface area (Å²) in [6, 6.07) is 12.6. The van der Waals surface area contributed by atoms with Crippen LogP contribution in [0.2, 0.25) is 0 Å². The average Bonchev–Trinajstić information content (AvgIpc) is 3.41. The lowest BCUT2D eigenvalue weighted by Crippen LogP contribution is -2.14. The number of ether oxygens (including phenoxy) is 1. The molecule has 2 aromatic carbocycles. The van der Waals surface area contributed by atoms with E-state index in [1.165, 1.54) is 17.7 Å². The number of thiazole rings is 1. The monoisotopic (exact) mass is 455 g/mol. The summed E-state index contributed by atoms with van der Waals surface area (Å²) in [6.07, 6.45) is 3.02. The molecule has 9 heteroatoms. The van der Waals surface area contributed by atoms with Crippen LogP contribution in [-0.4, -0.2) is 25.7 Å². The molecule has 0 atom stereocenters. The molecule has 2 aromatic heterocycles. The van der Waals surface area contributed by atoms with Gasteiger partial charge >= 0.3 is 0 Å². The largest absolute Gasteiger partial charge is 0.487 e. The van der Waals surface area contributed by atoms with Crippen LogP contribution in [0.1, 0.15) is 16.1 Å². The van der Waals surface area contributed by atoms with Gasteiger partial charge in [-0.1, -0.05) is 22.0 Å². The molecule has 0 fully saturated rings. The van der Waals surface area contributed by atoms with E-state index < -0.39 is 0 Å². The van der Waals surface area contributed by atoms with E-state index in [9.17, 15) is 4.79 Å². The van der Waals surface area contributed by atoms with Crippen molar-refractivity contribution in [3.8, 4) is 11.4 Å². The first kappa shape index (κ1) is 18.3. The van der Waals surface area contributed by atoms with E-state index in [4.69, 9.17) is 4.74 Å². The molecule has 0 aliphatic rings. The van der Waals surface area contributed by atoms with Gasteiger partial charge in [0.1, 0.15) is 25.0 Å². The number of anilines is 1. The molecule has 28 heavy (non-hydrogen) atoms. The molecule has 1 N–H and O–H groups in total. The van der Waals surface area contributed by atoms with Crippen LogP contribution >= 0.6 is 27.3 Å². The third-order valence-corrected chi connectivity index (χ3v) is 4.97. The Kier molecular flexibility index (Phi) is 5.45. The van der Waals surface area contributed by atoms with Crippen molar-refractivity contribution < 1.29 is 9.53 Å². The predicted octanol–water partition coefficient (Wildman–Crippen LogP) is 4.32. The van der Waals surface area contributed by atoms with E-state index in [1.54, 1.807) is 34.7 Å². The summed E-state index contributed by atoms with van der Waals surface area (Å²) in [6.45, 7) is 0.358. The molecule has 140 valence electrons. The number of carbonyl (C=O) groups is 1. The Morgan fingerprint density at radius 2 is 2.18 bits per heavy atom. The molecule has 0 radical (unpaired) electrons. The van der Waals surface area contributed by atoms with Gasteiger partial charge in [-0.2, -0.15) is 5.10 Å². The standard InChI is InChI=1S/C19H14BrN5O2S/c20-14-4-5-18(25-11-21-10-23-25)17(7-14)24-19(26)13-2-1-3-16(6-13)27-8-15-9-28-12-22-15/h1-7,9-12H,8H2,(H,24,26). The molecule has 0 aliphatic carbocycles. The van der Waals surface area contributed by atoms with E-state index >= 15 is 0 Å². The fraction of sp³-hybridized carbons (Fsp3) is 0.0526. The summed E-state index contributed by atoms with van der Waals surface area (Å²) in [5.74, 6) is 0.352. The van der Waals surface area contributed by atoms with Crippen LogP contribution in [0.5, 0.6) is 5.75 Å². The highest BCUT2D eigenvalue weighted by Gasteiger charge is 2.12. The second-order valence-corrected chi connectivity index (χ2v) is 7.39. The predicted molar refractivity (Wildman–Crippen MR) is 110 cm³/mol. The molecular formula is C19H14BrN5O2S. The smallest absolute Gasteiger partial charge is 0.255 e. The fourth-order valence-corrected chi connectivity index (χ4v) is 3.43. The van der Waals surface area contributed by atoms with Gasteiger partial charge < -0.3 is 10.1 Å². The van der Waals surface area contributed by atoms with Crippen molar-refractivity contribution >= 4 is 38.9 Å². The minimum Gasteiger partial charge on any atom is -0.487 e. The number of hydrogen-bond acceptors (Lipinski definition) is 6. The lowest BCUT2D eigenvalue weighted by atomic mass is 10.2. The van der Waals surface area contributed by atoms with Crippen LogP contribution in [0, 0.1) is 0 Å². The molecule has 4 rings (SSSR count). The zero-order valence-corrected chi connectivity index (χ0v) is 16.9. The van der Waals surface area contributed by atoms with Gasteiger partial charge in [0.25, 0.3) is 5.91 Å². The Balaban J connectivity index is 1.53. The third-order valence-electron chi connectivity index (χ3n) is 3.84. The van der Waals surface area contributed by atoms with Gasteiger partial charge in [-0.25, -0.2) is 14.6 Å². The highest BCUT2D eigenvalue weighted by Crippen LogP contribution is 2.25. The van der Waals surface area contributed by atoms with Crippen LogP contribution in [0.4, 0.5) is 5.69 Å². The Bertz CT molecular complexity index is 1080. The van der Waals surface area contributed by atoms with Crippen LogP contribution in [-0.2, 0) is 6.61 Å². The van der Waals surface area contributed by atoms with E-state index in [1.807, 2.05) is 29.6 Å². The van der Waals surface area contributed by atoms with Crippen LogP contribution in [0.15, 0.2) is 70.5 Å². The van der Waals surface area contributed by atoms with Crippen molar-refractivity contribution in [3.05, 3.63) is 81.7 Å². The Labute approximate surface area is 173 Å². The first-order chi connectivity index (χ1) is 13.7. The average molecular weight is 456 g/mol. The zero-order chi connectivity index (χ0) is 19.3. The molecule has 1 amide bonds. The van der Waals surface area contributed by atoms with E-state index in [-0.39, 0.29) is 5.91 Å². The number of aromatic nitrogens is 4. The van der Waals surface area contributed by atoms with Gasteiger partial charge in [-0.15, -0.1) is 11.3 Å². The molecule has 2 heterocycles. The van der Waals surface area contributed by atoms with Gasteiger partial charge in [0.15, 0.2) is 0 Å². The molecule has 0 saturated carbocycles. The Hall–Kier alpha value is -3.04. The minimum absolute atomic E-state index is 0.251. The van der Waals surface area contributed by atoms with Crippen molar-refractivity contribution in [1.82, 2.24) is 19.7 Å². The normalized spacial score (nSPS) is 10.6. The zero-order valence-electron chi connectivity index (χ0n) is 14.4. The van der Waals surface area contributed by atoms with Crippen LogP contribution < -0.4 is 10.1 Å². The van der Waals surface area contributed by atoms with Gasteiger partial charge in [-0.3, -0.25) is 4.79 Å². The van der Waals surface area contributed by atoms with Gasteiger partial charge in [0, 0.05) is 15.4 Å². The van der Waals surface area contributed by atoms with Crippen molar-refractivity contribution in [3.63, 3.8) is 0 Å². The quantitative estimate of drug-likeness (QED) is 0.468. The highest BCUT2D eigenvalue weighted by atomic mass is 79.9.